The molecule has 27 heavy (non-hydrogen) atoms. The molecule has 0 bridgehead atoms. The highest BCUT2D eigenvalue weighted by molar-refractivity contribution is 7.11. The summed E-state index contributed by atoms with van der Waals surface area (Å²) in [5.41, 5.74) is 1.13. The van der Waals surface area contributed by atoms with E-state index in [0.717, 1.165) is 56.4 Å². The van der Waals surface area contributed by atoms with Gasteiger partial charge in [-0.1, -0.05) is 0 Å². The van der Waals surface area contributed by atoms with Gasteiger partial charge in [0.05, 0.1) is 29.6 Å². The highest BCUT2D eigenvalue weighted by atomic mass is 32.1. The van der Waals surface area contributed by atoms with E-state index in [4.69, 9.17) is 14.1 Å². The van der Waals surface area contributed by atoms with E-state index < -0.39 is 0 Å². The topological polar surface area (TPSA) is 71.7 Å². The molecule has 2 N–H and O–H groups in total. The molecule has 1 aliphatic heterocycles. The molecule has 1 aliphatic rings. The lowest BCUT2D eigenvalue weighted by atomic mass is 10.1. The molecule has 2 aromatic heterocycles. The van der Waals surface area contributed by atoms with E-state index in [0.29, 0.717) is 6.54 Å². The molecule has 148 valence electrons. The van der Waals surface area contributed by atoms with E-state index >= 15 is 0 Å². The summed E-state index contributed by atoms with van der Waals surface area (Å²) in [6.45, 7) is 7.33. The average Bonchev–Trinajstić information content (AvgIpc) is 3.30. The van der Waals surface area contributed by atoms with Crippen LogP contribution in [-0.2, 0) is 17.6 Å². The minimum Gasteiger partial charge on any atom is -0.469 e. The maximum atomic E-state index is 5.80. The van der Waals surface area contributed by atoms with Crippen LogP contribution in [0, 0.1) is 13.8 Å². The van der Waals surface area contributed by atoms with Gasteiger partial charge in [0.2, 0.25) is 0 Å². The summed E-state index contributed by atoms with van der Waals surface area (Å²) in [7, 11) is 0. The maximum absolute atomic E-state index is 5.80. The molecular formula is C20H30N4O2S. The number of nitrogens with one attached hydrogen (secondary N) is 2. The molecule has 0 saturated carbocycles. The SMILES string of the molecule is Cc1nc(CCNC(=NCC2CCCCO2)NCCc2ccco2)sc1C. The standard InChI is InChI=1S/C20H30N4O2S/c1-15-16(2)27-19(24-15)9-11-22-20(21-10-8-17-7-5-13-25-17)23-14-18-6-3-4-12-26-18/h5,7,13,18H,3-4,6,8-12,14H2,1-2H3,(H2,21,22,23). The van der Waals surface area contributed by atoms with E-state index in [1.807, 2.05) is 12.1 Å². The number of hydrogen-bond donors (Lipinski definition) is 2. The molecule has 1 atom stereocenters. The lowest BCUT2D eigenvalue weighted by Gasteiger charge is -2.21. The summed E-state index contributed by atoms with van der Waals surface area (Å²) in [5.74, 6) is 1.81. The van der Waals surface area contributed by atoms with Crippen LogP contribution in [0.5, 0.6) is 0 Å². The molecule has 0 aromatic carbocycles. The van der Waals surface area contributed by atoms with Gasteiger partial charge in [0.15, 0.2) is 5.96 Å². The smallest absolute Gasteiger partial charge is 0.191 e. The van der Waals surface area contributed by atoms with E-state index in [1.54, 1.807) is 17.6 Å². The van der Waals surface area contributed by atoms with Crippen LogP contribution < -0.4 is 10.6 Å². The second-order valence-corrected chi connectivity index (χ2v) is 8.15. The fourth-order valence-electron chi connectivity index (χ4n) is 3.01. The third-order valence-electron chi connectivity index (χ3n) is 4.68. The number of furan rings is 1. The number of aliphatic imine (C=N–C) groups is 1. The van der Waals surface area contributed by atoms with Crippen molar-refractivity contribution in [1.29, 1.82) is 0 Å². The normalized spacial score (nSPS) is 17.9. The maximum Gasteiger partial charge on any atom is 0.191 e. The molecule has 6 nitrogen and oxygen atoms in total. The van der Waals surface area contributed by atoms with Crippen molar-refractivity contribution >= 4 is 17.3 Å². The minimum atomic E-state index is 0.242. The molecule has 0 amide bonds. The highest BCUT2D eigenvalue weighted by Gasteiger charge is 2.13. The van der Waals surface area contributed by atoms with Crippen molar-refractivity contribution in [2.45, 2.75) is 52.1 Å². The van der Waals surface area contributed by atoms with Crippen molar-refractivity contribution in [3.8, 4) is 0 Å². The number of nitrogens with zero attached hydrogens (tertiary/aromatic N) is 2. The van der Waals surface area contributed by atoms with Crippen LogP contribution >= 0.6 is 11.3 Å². The van der Waals surface area contributed by atoms with Gasteiger partial charge in [0.1, 0.15) is 5.76 Å². The van der Waals surface area contributed by atoms with Crippen molar-refractivity contribution in [2.75, 3.05) is 26.2 Å². The first kappa shape index (κ1) is 19.9. The van der Waals surface area contributed by atoms with Crippen LogP contribution in [0.2, 0.25) is 0 Å². The Hall–Kier alpha value is -1.86. The van der Waals surface area contributed by atoms with Gasteiger partial charge in [-0.05, 0) is 45.2 Å². The van der Waals surface area contributed by atoms with E-state index in [-0.39, 0.29) is 6.10 Å². The molecular weight excluding hydrogens is 360 g/mol. The van der Waals surface area contributed by atoms with Gasteiger partial charge in [-0.15, -0.1) is 11.3 Å². The fraction of sp³-hybridized carbons (Fsp3) is 0.600. The third-order valence-corrected chi connectivity index (χ3v) is 5.81. The predicted octanol–water partition coefficient (Wildman–Crippen LogP) is 3.24. The zero-order valence-corrected chi connectivity index (χ0v) is 17.1. The van der Waals surface area contributed by atoms with Crippen LogP contribution in [0.1, 0.15) is 40.6 Å². The van der Waals surface area contributed by atoms with E-state index in [9.17, 15) is 0 Å². The summed E-state index contributed by atoms with van der Waals surface area (Å²) in [6.07, 6.45) is 7.18. The largest absolute Gasteiger partial charge is 0.469 e. The number of guanidine groups is 1. The van der Waals surface area contributed by atoms with Crippen molar-refractivity contribution in [2.24, 2.45) is 4.99 Å². The molecule has 1 saturated heterocycles. The molecule has 0 aliphatic carbocycles. The summed E-state index contributed by atoms with van der Waals surface area (Å²) < 4.78 is 11.2. The Morgan fingerprint density at radius 2 is 2.11 bits per heavy atom. The highest BCUT2D eigenvalue weighted by Crippen LogP contribution is 2.16. The molecule has 2 aromatic rings. The number of rotatable bonds is 8. The summed E-state index contributed by atoms with van der Waals surface area (Å²) >= 11 is 1.77. The minimum absolute atomic E-state index is 0.242. The number of aromatic nitrogens is 1. The third kappa shape index (κ3) is 6.66. The van der Waals surface area contributed by atoms with Gasteiger partial charge in [0, 0.05) is 37.4 Å². The zero-order valence-electron chi connectivity index (χ0n) is 16.3. The second kappa shape index (κ2) is 10.5. The van der Waals surface area contributed by atoms with Crippen LogP contribution in [-0.4, -0.2) is 43.3 Å². The van der Waals surface area contributed by atoms with Crippen molar-refractivity contribution in [3.63, 3.8) is 0 Å². The summed E-state index contributed by atoms with van der Waals surface area (Å²) in [6, 6.07) is 3.91. The molecule has 3 heterocycles. The molecule has 0 spiro atoms. The number of thiazole rings is 1. The predicted molar refractivity (Wildman–Crippen MR) is 110 cm³/mol. The van der Waals surface area contributed by atoms with Gasteiger partial charge < -0.3 is 19.8 Å². The van der Waals surface area contributed by atoms with Crippen LogP contribution in [0.25, 0.3) is 0 Å². The van der Waals surface area contributed by atoms with Crippen LogP contribution in [0.15, 0.2) is 27.8 Å². The number of hydrogen-bond acceptors (Lipinski definition) is 5. The zero-order chi connectivity index (χ0) is 18.9. The molecule has 7 heteroatoms. The Morgan fingerprint density at radius 3 is 2.78 bits per heavy atom. The Morgan fingerprint density at radius 1 is 1.26 bits per heavy atom. The monoisotopic (exact) mass is 390 g/mol. The van der Waals surface area contributed by atoms with Crippen LogP contribution in [0.4, 0.5) is 0 Å². The van der Waals surface area contributed by atoms with E-state index in [1.165, 1.54) is 22.7 Å². The van der Waals surface area contributed by atoms with Crippen LogP contribution in [0.3, 0.4) is 0 Å². The molecule has 0 radical (unpaired) electrons. The fourth-order valence-corrected chi connectivity index (χ4v) is 3.95. The van der Waals surface area contributed by atoms with E-state index in [2.05, 4.69) is 29.5 Å². The van der Waals surface area contributed by atoms with Gasteiger partial charge >= 0.3 is 0 Å². The first-order valence-electron chi connectivity index (χ1n) is 9.80. The number of ether oxygens (including phenoxy) is 1. The summed E-state index contributed by atoms with van der Waals surface area (Å²) in [4.78, 5) is 10.6. The first-order valence-corrected chi connectivity index (χ1v) is 10.6. The second-order valence-electron chi connectivity index (χ2n) is 6.86. The van der Waals surface area contributed by atoms with Gasteiger partial charge in [-0.3, -0.25) is 4.99 Å². The lowest BCUT2D eigenvalue weighted by Crippen LogP contribution is -2.40. The van der Waals surface area contributed by atoms with Crippen molar-refractivity contribution < 1.29 is 9.15 Å². The first-order chi connectivity index (χ1) is 13.2. The Bertz CT molecular complexity index is 686. The average molecular weight is 391 g/mol. The molecule has 1 fully saturated rings. The quantitative estimate of drug-likeness (QED) is 0.535. The van der Waals surface area contributed by atoms with Crippen molar-refractivity contribution in [1.82, 2.24) is 15.6 Å². The van der Waals surface area contributed by atoms with Gasteiger partial charge in [0.25, 0.3) is 0 Å². The lowest BCUT2D eigenvalue weighted by molar-refractivity contribution is 0.0224. The Labute approximate surface area is 165 Å². The molecule has 1 unspecified atom stereocenters. The summed E-state index contributed by atoms with van der Waals surface area (Å²) in [5, 5.41) is 8.01. The number of aryl methyl sites for hydroxylation is 2. The molecule has 3 rings (SSSR count). The Kier molecular flexibility index (Phi) is 7.71. The van der Waals surface area contributed by atoms with Gasteiger partial charge in [-0.25, -0.2) is 4.98 Å². The van der Waals surface area contributed by atoms with Crippen molar-refractivity contribution in [3.05, 3.63) is 39.7 Å². The van der Waals surface area contributed by atoms with Gasteiger partial charge in [-0.2, -0.15) is 0 Å². The Balaban J connectivity index is 1.49.